The third-order valence-corrected chi connectivity index (χ3v) is 5.09. The Morgan fingerprint density at radius 1 is 1.25 bits per heavy atom. The monoisotopic (exact) mass is 224 g/mol. The zero-order chi connectivity index (χ0) is 11.9. The number of aliphatic hydroxyl groups is 1. The van der Waals surface area contributed by atoms with E-state index in [1.807, 2.05) is 0 Å². The van der Waals surface area contributed by atoms with Gasteiger partial charge >= 0.3 is 0 Å². The van der Waals surface area contributed by atoms with E-state index in [9.17, 15) is 4.79 Å². The van der Waals surface area contributed by atoms with Crippen LogP contribution in [0.25, 0.3) is 0 Å². The first-order chi connectivity index (χ1) is 7.56. The molecule has 0 spiro atoms. The van der Waals surface area contributed by atoms with Crippen LogP contribution < -0.4 is 0 Å². The van der Waals surface area contributed by atoms with Gasteiger partial charge in [-0.3, -0.25) is 4.79 Å². The molecule has 16 heavy (non-hydrogen) atoms. The summed E-state index contributed by atoms with van der Waals surface area (Å²) in [5.41, 5.74) is 0. The second kappa shape index (κ2) is 4.48. The summed E-state index contributed by atoms with van der Waals surface area (Å²) in [7, 11) is 0. The van der Waals surface area contributed by atoms with Crippen LogP contribution in [0.15, 0.2) is 0 Å². The van der Waals surface area contributed by atoms with Crippen molar-refractivity contribution in [1.29, 1.82) is 0 Å². The molecule has 1 N–H and O–H groups in total. The van der Waals surface area contributed by atoms with E-state index in [0.29, 0.717) is 35.4 Å². The van der Waals surface area contributed by atoms with Crippen molar-refractivity contribution >= 4 is 5.78 Å². The van der Waals surface area contributed by atoms with Crippen molar-refractivity contribution in [2.75, 3.05) is 6.61 Å². The largest absolute Gasteiger partial charge is 0.396 e. The summed E-state index contributed by atoms with van der Waals surface area (Å²) in [6, 6.07) is 0. The average Bonchev–Trinajstić information content (AvgIpc) is 2.49. The van der Waals surface area contributed by atoms with Gasteiger partial charge in [-0.2, -0.15) is 0 Å². The molecule has 0 aromatic heterocycles. The van der Waals surface area contributed by atoms with Crippen LogP contribution in [0.1, 0.15) is 40.0 Å². The van der Waals surface area contributed by atoms with Crippen molar-refractivity contribution in [2.24, 2.45) is 35.5 Å². The Morgan fingerprint density at radius 2 is 1.94 bits per heavy atom. The number of carbonyl (C=O) groups is 1. The maximum absolute atomic E-state index is 12.1. The van der Waals surface area contributed by atoms with Gasteiger partial charge in [-0.05, 0) is 42.9 Å². The van der Waals surface area contributed by atoms with E-state index in [-0.39, 0.29) is 12.5 Å². The molecule has 0 heterocycles. The number of fused-ring (bicyclic) bond motifs is 1. The molecule has 0 aliphatic heterocycles. The summed E-state index contributed by atoms with van der Waals surface area (Å²) in [6.45, 7) is 6.86. The predicted molar refractivity (Wildman–Crippen MR) is 63.9 cm³/mol. The van der Waals surface area contributed by atoms with Crippen molar-refractivity contribution in [3.8, 4) is 0 Å². The maximum Gasteiger partial charge on any atom is 0.139 e. The average molecular weight is 224 g/mol. The first-order valence-electron chi connectivity index (χ1n) is 6.70. The van der Waals surface area contributed by atoms with E-state index >= 15 is 0 Å². The second-order valence-electron chi connectivity index (χ2n) is 6.07. The summed E-state index contributed by atoms with van der Waals surface area (Å²) < 4.78 is 0. The zero-order valence-electron chi connectivity index (χ0n) is 10.6. The molecule has 0 saturated heterocycles. The van der Waals surface area contributed by atoms with Gasteiger partial charge in [-0.15, -0.1) is 0 Å². The number of carbonyl (C=O) groups excluding carboxylic acids is 1. The predicted octanol–water partition coefficient (Wildman–Crippen LogP) is 2.50. The summed E-state index contributed by atoms with van der Waals surface area (Å²) in [6.07, 6.45) is 3.16. The summed E-state index contributed by atoms with van der Waals surface area (Å²) >= 11 is 0. The van der Waals surface area contributed by atoms with Crippen LogP contribution in [0.3, 0.4) is 0 Å². The molecule has 2 fully saturated rings. The Kier molecular flexibility index (Phi) is 3.39. The standard InChI is InChI=1S/C14H24O2/c1-8-6-11-7-9(2)14(16)13(11)10(3)12(8)4-5-15/h8-13,15H,4-7H2,1-3H3. The fourth-order valence-corrected chi connectivity index (χ4v) is 4.34. The molecule has 2 aliphatic rings. The number of ketones is 1. The van der Waals surface area contributed by atoms with Crippen LogP contribution in [0, 0.1) is 35.5 Å². The SMILES string of the molecule is CC1CC2CC(C)C(CCO)C(C)C2C1=O. The fourth-order valence-electron chi connectivity index (χ4n) is 4.34. The molecule has 0 bridgehead atoms. The molecule has 2 heteroatoms. The number of Topliss-reactive ketones (excluding diaryl/α,β-unsaturated/α-hetero) is 1. The Morgan fingerprint density at radius 3 is 2.56 bits per heavy atom. The van der Waals surface area contributed by atoms with Crippen molar-refractivity contribution < 1.29 is 9.90 Å². The molecule has 0 aromatic carbocycles. The topological polar surface area (TPSA) is 37.3 Å². The van der Waals surface area contributed by atoms with Gasteiger partial charge < -0.3 is 5.11 Å². The molecule has 92 valence electrons. The van der Waals surface area contributed by atoms with Crippen LogP contribution >= 0.6 is 0 Å². The highest BCUT2D eigenvalue weighted by Crippen LogP contribution is 2.50. The minimum absolute atomic E-state index is 0.264. The molecule has 2 rings (SSSR count). The van der Waals surface area contributed by atoms with Gasteiger partial charge in [0, 0.05) is 18.4 Å². The molecule has 0 amide bonds. The Labute approximate surface area is 98.4 Å². The minimum atomic E-state index is 0.264. The minimum Gasteiger partial charge on any atom is -0.396 e. The third kappa shape index (κ3) is 1.81. The van der Waals surface area contributed by atoms with Gasteiger partial charge in [-0.1, -0.05) is 20.8 Å². The van der Waals surface area contributed by atoms with E-state index in [1.54, 1.807) is 0 Å². The zero-order valence-corrected chi connectivity index (χ0v) is 10.6. The Bertz CT molecular complexity index is 274. The number of rotatable bonds is 2. The molecule has 2 nitrogen and oxygen atoms in total. The number of hydrogen-bond acceptors (Lipinski definition) is 2. The van der Waals surface area contributed by atoms with E-state index < -0.39 is 0 Å². The van der Waals surface area contributed by atoms with Gasteiger partial charge in [0.15, 0.2) is 0 Å². The lowest BCUT2D eigenvalue weighted by Gasteiger charge is -2.41. The molecule has 6 unspecified atom stereocenters. The Hall–Kier alpha value is -0.370. The summed E-state index contributed by atoms with van der Waals surface area (Å²) in [4.78, 5) is 12.1. The van der Waals surface area contributed by atoms with Gasteiger partial charge in [0.1, 0.15) is 5.78 Å². The lowest BCUT2D eigenvalue weighted by Crippen LogP contribution is -2.38. The molecule has 0 aromatic rings. The van der Waals surface area contributed by atoms with E-state index in [2.05, 4.69) is 20.8 Å². The van der Waals surface area contributed by atoms with Gasteiger partial charge in [0.05, 0.1) is 0 Å². The quantitative estimate of drug-likeness (QED) is 0.782. The van der Waals surface area contributed by atoms with Gasteiger partial charge in [0.25, 0.3) is 0 Å². The van der Waals surface area contributed by atoms with Crippen LogP contribution in [0.4, 0.5) is 0 Å². The second-order valence-corrected chi connectivity index (χ2v) is 6.07. The van der Waals surface area contributed by atoms with E-state index in [4.69, 9.17) is 5.11 Å². The normalized spacial score (nSPS) is 48.1. The van der Waals surface area contributed by atoms with Crippen molar-refractivity contribution in [2.45, 2.75) is 40.0 Å². The maximum atomic E-state index is 12.1. The molecule has 2 saturated carbocycles. The third-order valence-electron chi connectivity index (χ3n) is 5.09. The fraction of sp³-hybridized carbons (Fsp3) is 0.929. The highest BCUT2D eigenvalue weighted by molar-refractivity contribution is 5.86. The highest BCUT2D eigenvalue weighted by atomic mass is 16.3. The van der Waals surface area contributed by atoms with Crippen LogP contribution in [-0.4, -0.2) is 17.5 Å². The van der Waals surface area contributed by atoms with Crippen molar-refractivity contribution in [1.82, 2.24) is 0 Å². The smallest absolute Gasteiger partial charge is 0.139 e. The van der Waals surface area contributed by atoms with E-state index in [1.165, 1.54) is 6.42 Å². The number of aliphatic hydroxyl groups excluding tert-OH is 1. The lowest BCUT2D eigenvalue weighted by atomic mass is 9.63. The molecule has 6 atom stereocenters. The molecular weight excluding hydrogens is 200 g/mol. The van der Waals surface area contributed by atoms with Crippen molar-refractivity contribution in [3.63, 3.8) is 0 Å². The highest BCUT2D eigenvalue weighted by Gasteiger charge is 2.49. The molecular formula is C14H24O2. The van der Waals surface area contributed by atoms with Gasteiger partial charge in [0.2, 0.25) is 0 Å². The van der Waals surface area contributed by atoms with Crippen LogP contribution in [0.2, 0.25) is 0 Å². The van der Waals surface area contributed by atoms with Crippen LogP contribution in [-0.2, 0) is 4.79 Å². The first kappa shape index (κ1) is 12.1. The molecule has 2 aliphatic carbocycles. The summed E-state index contributed by atoms with van der Waals surface area (Å²) in [5, 5.41) is 9.13. The van der Waals surface area contributed by atoms with E-state index in [0.717, 1.165) is 12.8 Å². The number of hydrogen-bond donors (Lipinski definition) is 1. The first-order valence-corrected chi connectivity index (χ1v) is 6.70. The summed E-state index contributed by atoms with van der Waals surface area (Å²) in [5.74, 6) is 3.37. The molecule has 0 radical (unpaired) electrons. The lowest BCUT2D eigenvalue weighted by molar-refractivity contribution is -0.127. The van der Waals surface area contributed by atoms with Crippen LogP contribution in [0.5, 0.6) is 0 Å². The van der Waals surface area contributed by atoms with Gasteiger partial charge in [-0.25, -0.2) is 0 Å². The Balaban J connectivity index is 2.16. The van der Waals surface area contributed by atoms with Crippen molar-refractivity contribution in [3.05, 3.63) is 0 Å².